The molecule has 0 amide bonds. The molecule has 27 heavy (non-hydrogen) atoms. The molecule has 3 rings (SSSR count). The summed E-state index contributed by atoms with van der Waals surface area (Å²) < 4.78 is 29.0. The van der Waals surface area contributed by atoms with E-state index in [1.807, 2.05) is 36.4 Å². The minimum absolute atomic E-state index is 0.188. The van der Waals surface area contributed by atoms with Gasteiger partial charge in [-0.25, -0.2) is 4.57 Å². The van der Waals surface area contributed by atoms with E-state index in [0.29, 0.717) is 17.2 Å². The summed E-state index contributed by atoms with van der Waals surface area (Å²) in [6.45, 7) is 1.91. The fourth-order valence-corrected chi connectivity index (χ4v) is 3.37. The van der Waals surface area contributed by atoms with E-state index in [-0.39, 0.29) is 6.61 Å². The van der Waals surface area contributed by atoms with Crippen LogP contribution in [-0.2, 0) is 9.09 Å². The molecule has 0 saturated carbocycles. The third kappa shape index (κ3) is 5.78. The van der Waals surface area contributed by atoms with Gasteiger partial charge < -0.3 is 9.05 Å². The van der Waals surface area contributed by atoms with Gasteiger partial charge in [0.25, 0.3) is 0 Å². The Kier molecular flexibility index (Phi) is 6.36. The quantitative estimate of drug-likeness (QED) is 0.321. The average molecular weight is 382 g/mol. The summed E-state index contributed by atoms with van der Waals surface area (Å²) in [5, 5.41) is 8.30. The van der Waals surface area contributed by atoms with Gasteiger partial charge in [0.05, 0.1) is 18.0 Å². The Morgan fingerprint density at radius 3 is 1.74 bits per heavy atom. The molecule has 138 valence electrons. The number of hydrogen-bond acceptors (Lipinski definition) is 6. The SMILES string of the molecule is CCOP(=O)(Oc1ccccc1)Oc1ccc(/N=N/c2ccccc2)cc1. The lowest BCUT2D eigenvalue weighted by Crippen LogP contribution is -2.04. The Hall–Kier alpha value is -2.95. The maximum absolute atomic E-state index is 12.8. The van der Waals surface area contributed by atoms with E-state index in [0.717, 1.165) is 5.69 Å². The molecule has 0 bridgehead atoms. The van der Waals surface area contributed by atoms with Crippen LogP contribution in [0.1, 0.15) is 6.92 Å². The zero-order valence-corrected chi connectivity index (χ0v) is 15.7. The number of rotatable bonds is 8. The van der Waals surface area contributed by atoms with Gasteiger partial charge in [-0.2, -0.15) is 10.2 Å². The zero-order valence-electron chi connectivity index (χ0n) is 14.8. The number of phosphoric acid groups is 1. The molecule has 1 atom stereocenters. The second-order valence-corrected chi connectivity index (χ2v) is 6.91. The predicted octanol–water partition coefficient (Wildman–Crippen LogP) is 6.70. The van der Waals surface area contributed by atoms with Crippen LogP contribution in [0.2, 0.25) is 0 Å². The fourth-order valence-electron chi connectivity index (χ4n) is 2.15. The standard InChI is InChI=1S/C20H19N2O4P/c1-2-24-27(23,25-19-11-7-4-8-12-19)26-20-15-13-18(14-16-20)22-21-17-9-5-3-6-10-17/h3-16H,2H2,1H3/b22-21+. The molecule has 1 unspecified atom stereocenters. The van der Waals surface area contributed by atoms with Crippen LogP contribution in [0.3, 0.4) is 0 Å². The highest BCUT2D eigenvalue weighted by molar-refractivity contribution is 7.49. The molecule has 0 spiro atoms. The zero-order chi connectivity index (χ0) is 19.0. The van der Waals surface area contributed by atoms with E-state index in [1.54, 1.807) is 55.5 Å². The Morgan fingerprint density at radius 2 is 1.19 bits per heavy atom. The number of nitrogens with zero attached hydrogens (tertiary/aromatic N) is 2. The first-order valence-electron chi connectivity index (χ1n) is 8.42. The van der Waals surface area contributed by atoms with Gasteiger partial charge in [0.2, 0.25) is 0 Å². The number of azo groups is 1. The first kappa shape index (κ1) is 18.8. The molecule has 0 heterocycles. The third-order valence-electron chi connectivity index (χ3n) is 3.34. The largest absolute Gasteiger partial charge is 0.587 e. The van der Waals surface area contributed by atoms with E-state index < -0.39 is 7.82 Å². The average Bonchev–Trinajstić information content (AvgIpc) is 2.69. The minimum atomic E-state index is -3.80. The van der Waals surface area contributed by atoms with Crippen molar-refractivity contribution in [1.29, 1.82) is 0 Å². The van der Waals surface area contributed by atoms with Crippen LogP contribution in [0.15, 0.2) is 95.2 Å². The normalized spacial score (nSPS) is 13.2. The Bertz CT molecular complexity index is 916. The number of benzene rings is 3. The molecule has 7 heteroatoms. The van der Waals surface area contributed by atoms with E-state index in [4.69, 9.17) is 13.6 Å². The van der Waals surface area contributed by atoms with Crippen molar-refractivity contribution in [1.82, 2.24) is 0 Å². The van der Waals surface area contributed by atoms with Crippen LogP contribution in [0, 0.1) is 0 Å². The van der Waals surface area contributed by atoms with Crippen molar-refractivity contribution >= 4 is 19.2 Å². The van der Waals surface area contributed by atoms with Crippen molar-refractivity contribution < 1.29 is 18.1 Å². The maximum Gasteiger partial charge on any atom is 0.587 e. The van der Waals surface area contributed by atoms with Crippen molar-refractivity contribution in [2.75, 3.05) is 6.61 Å². The molecule has 0 aromatic heterocycles. The van der Waals surface area contributed by atoms with Crippen LogP contribution in [0.5, 0.6) is 11.5 Å². The minimum Gasteiger partial charge on any atom is -0.395 e. The lowest BCUT2D eigenvalue weighted by Gasteiger charge is -2.18. The number of hydrogen-bond donors (Lipinski definition) is 0. The first-order valence-corrected chi connectivity index (χ1v) is 9.88. The predicted molar refractivity (Wildman–Crippen MR) is 104 cm³/mol. The molecule has 0 aliphatic rings. The summed E-state index contributed by atoms with van der Waals surface area (Å²) in [6.07, 6.45) is 0. The van der Waals surface area contributed by atoms with Gasteiger partial charge in [-0.15, -0.1) is 0 Å². The van der Waals surface area contributed by atoms with Crippen LogP contribution in [0.25, 0.3) is 0 Å². The Labute approximate surface area is 158 Å². The van der Waals surface area contributed by atoms with Gasteiger partial charge in [0, 0.05) is 0 Å². The van der Waals surface area contributed by atoms with Crippen LogP contribution < -0.4 is 9.05 Å². The fraction of sp³-hybridized carbons (Fsp3) is 0.100. The van der Waals surface area contributed by atoms with Crippen molar-refractivity contribution in [3.8, 4) is 11.5 Å². The van der Waals surface area contributed by atoms with Crippen molar-refractivity contribution in [2.45, 2.75) is 6.92 Å². The van der Waals surface area contributed by atoms with Crippen molar-refractivity contribution in [3.05, 3.63) is 84.9 Å². The van der Waals surface area contributed by atoms with Gasteiger partial charge in [0.1, 0.15) is 11.5 Å². The summed E-state index contributed by atoms with van der Waals surface area (Å²) in [5.41, 5.74) is 1.40. The molecule has 0 radical (unpaired) electrons. The smallest absolute Gasteiger partial charge is 0.395 e. The van der Waals surface area contributed by atoms with Crippen molar-refractivity contribution in [3.63, 3.8) is 0 Å². The number of para-hydroxylation sites is 1. The van der Waals surface area contributed by atoms with E-state index in [1.165, 1.54) is 0 Å². The highest BCUT2D eigenvalue weighted by Crippen LogP contribution is 2.49. The second kappa shape index (κ2) is 9.12. The highest BCUT2D eigenvalue weighted by Gasteiger charge is 2.30. The molecule has 3 aromatic rings. The molecule has 6 nitrogen and oxygen atoms in total. The van der Waals surface area contributed by atoms with Gasteiger partial charge >= 0.3 is 7.82 Å². The molecular weight excluding hydrogens is 363 g/mol. The van der Waals surface area contributed by atoms with Crippen LogP contribution in [0.4, 0.5) is 11.4 Å². The number of phosphoric ester groups is 1. The first-order chi connectivity index (χ1) is 13.2. The molecular formula is C20H19N2O4P. The third-order valence-corrected chi connectivity index (χ3v) is 4.78. The highest BCUT2D eigenvalue weighted by atomic mass is 31.2. The van der Waals surface area contributed by atoms with Gasteiger partial charge in [-0.1, -0.05) is 36.4 Å². The summed E-state index contributed by atoms with van der Waals surface area (Å²) in [6, 6.07) is 24.9. The van der Waals surface area contributed by atoms with Gasteiger partial charge in [-0.05, 0) is 55.5 Å². The Balaban J connectivity index is 1.69. The van der Waals surface area contributed by atoms with E-state index in [2.05, 4.69) is 10.2 Å². The van der Waals surface area contributed by atoms with Crippen LogP contribution >= 0.6 is 7.82 Å². The van der Waals surface area contributed by atoms with Crippen LogP contribution in [-0.4, -0.2) is 6.61 Å². The summed E-state index contributed by atoms with van der Waals surface area (Å²) in [4.78, 5) is 0. The van der Waals surface area contributed by atoms with Gasteiger partial charge in [-0.3, -0.25) is 4.52 Å². The monoisotopic (exact) mass is 382 g/mol. The summed E-state index contributed by atoms with van der Waals surface area (Å²) in [5.74, 6) is 0.754. The van der Waals surface area contributed by atoms with Gasteiger partial charge in [0.15, 0.2) is 0 Å². The van der Waals surface area contributed by atoms with E-state index in [9.17, 15) is 4.57 Å². The molecule has 0 saturated heterocycles. The molecule has 0 fully saturated rings. The summed E-state index contributed by atoms with van der Waals surface area (Å²) in [7, 11) is -3.80. The maximum atomic E-state index is 12.8. The topological polar surface area (TPSA) is 69.5 Å². The lowest BCUT2D eigenvalue weighted by atomic mass is 10.3. The van der Waals surface area contributed by atoms with Crippen molar-refractivity contribution in [2.24, 2.45) is 10.2 Å². The summed E-state index contributed by atoms with van der Waals surface area (Å²) >= 11 is 0. The molecule has 3 aromatic carbocycles. The second-order valence-electron chi connectivity index (χ2n) is 5.39. The Morgan fingerprint density at radius 1 is 0.704 bits per heavy atom. The molecule has 0 N–H and O–H groups in total. The molecule has 0 aliphatic heterocycles. The molecule has 0 aliphatic carbocycles. The van der Waals surface area contributed by atoms with E-state index >= 15 is 0 Å². The lowest BCUT2D eigenvalue weighted by molar-refractivity contribution is 0.219.